The van der Waals surface area contributed by atoms with Crippen LogP contribution in [0.15, 0.2) is 51.8 Å². The molecule has 0 aliphatic rings. The molecule has 0 fully saturated rings. The molecule has 0 N–H and O–H groups in total. The van der Waals surface area contributed by atoms with Crippen molar-refractivity contribution in [2.24, 2.45) is 0 Å². The Labute approximate surface area is 124 Å². The Morgan fingerprint density at radius 2 is 1.80 bits per heavy atom. The van der Waals surface area contributed by atoms with Gasteiger partial charge in [0.05, 0.1) is 16.2 Å². The Balaban J connectivity index is 2.39. The fourth-order valence-corrected chi connectivity index (χ4v) is 3.32. The van der Waals surface area contributed by atoms with Crippen molar-refractivity contribution < 1.29 is 12.8 Å². The third-order valence-corrected chi connectivity index (χ3v) is 4.93. The molecule has 2 aromatic carbocycles. The smallest absolute Gasteiger partial charge is 0.182 e. The maximum atomic E-state index is 13.9. The molecule has 0 spiro atoms. The summed E-state index contributed by atoms with van der Waals surface area (Å²) in [5.41, 5.74) is -0.166. The third-order valence-electron chi connectivity index (χ3n) is 2.72. The van der Waals surface area contributed by atoms with Gasteiger partial charge in [-0.1, -0.05) is 28.1 Å². The minimum atomic E-state index is -3.65. The largest absolute Gasteiger partial charge is 0.223 e. The van der Waals surface area contributed by atoms with E-state index >= 15 is 0 Å². The summed E-state index contributed by atoms with van der Waals surface area (Å²) in [6.45, 7) is 0. The standard InChI is InChI=1S/C14H9BrFNO2S/c15-12-4-6-13(7-5-12)20(18,19)9-11-3-1-2-10(8-17)14(11)16/h1-7H,9H2. The van der Waals surface area contributed by atoms with Gasteiger partial charge in [-0.15, -0.1) is 0 Å². The lowest BCUT2D eigenvalue weighted by atomic mass is 10.1. The van der Waals surface area contributed by atoms with Crippen LogP contribution >= 0.6 is 15.9 Å². The number of hydrogen-bond donors (Lipinski definition) is 0. The van der Waals surface area contributed by atoms with Crippen molar-refractivity contribution in [1.29, 1.82) is 5.26 Å². The molecule has 0 bridgehead atoms. The molecule has 2 aromatic rings. The van der Waals surface area contributed by atoms with Crippen LogP contribution < -0.4 is 0 Å². The maximum Gasteiger partial charge on any atom is 0.182 e. The van der Waals surface area contributed by atoms with Crippen LogP contribution in [-0.4, -0.2) is 8.42 Å². The maximum absolute atomic E-state index is 13.9. The Morgan fingerprint density at radius 1 is 1.15 bits per heavy atom. The van der Waals surface area contributed by atoms with Crippen molar-refractivity contribution in [2.75, 3.05) is 0 Å². The van der Waals surface area contributed by atoms with Crippen molar-refractivity contribution in [1.82, 2.24) is 0 Å². The molecule has 102 valence electrons. The van der Waals surface area contributed by atoms with E-state index in [9.17, 15) is 12.8 Å². The number of benzene rings is 2. The lowest BCUT2D eigenvalue weighted by Crippen LogP contribution is -2.07. The summed E-state index contributed by atoms with van der Waals surface area (Å²) < 4.78 is 39.0. The molecule has 0 radical (unpaired) electrons. The van der Waals surface area contributed by atoms with Crippen LogP contribution in [0.25, 0.3) is 0 Å². The van der Waals surface area contributed by atoms with Crippen LogP contribution in [0, 0.1) is 17.1 Å². The van der Waals surface area contributed by atoms with Crippen LogP contribution in [0.1, 0.15) is 11.1 Å². The van der Waals surface area contributed by atoms with E-state index in [2.05, 4.69) is 15.9 Å². The molecule has 0 atom stereocenters. The highest BCUT2D eigenvalue weighted by atomic mass is 79.9. The molecular weight excluding hydrogens is 345 g/mol. The van der Waals surface area contributed by atoms with Gasteiger partial charge in [0.25, 0.3) is 0 Å². The van der Waals surface area contributed by atoms with Gasteiger partial charge in [0, 0.05) is 10.0 Å². The fourth-order valence-electron chi connectivity index (χ4n) is 1.71. The minimum Gasteiger partial charge on any atom is -0.223 e. The van der Waals surface area contributed by atoms with Gasteiger partial charge < -0.3 is 0 Å². The van der Waals surface area contributed by atoms with E-state index in [1.807, 2.05) is 0 Å². The van der Waals surface area contributed by atoms with E-state index in [0.717, 1.165) is 4.47 Å². The van der Waals surface area contributed by atoms with Gasteiger partial charge in [0.2, 0.25) is 0 Å². The molecule has 20 heavy (non-hydrogen) atoms. The predicted molar refractivity (Wildman–Crippen MR) is 76.1 cm³/mol. The Morgan fingerprint density at radius 3 is 2.40 bits per heavy atom. The van der Waals surface area contributed by atoms with E-state index < -0.39 is 21.4 Å². The molecule has 0 unspecified atom stereocenters. The Hall–Kier alpha value is -1.71. The first-order valence-electron chi connectivity index (χ1n) is 5.60. The number of nitrogens with zero attached hydrogens (tertiary/aromatic N) is 1. The molecule has 0 saturated heterocycles. The molecule has 0 aliphatic carbocycles. The highest BCUT2D eigenvalue weighted by Crippen LogP contribution is 2.21. The lowest BCUT2D eigenvalue weighted by Gasteiger charge is -2.06. The van der Waals surface area contributed by atoms with E-state index in [1.54, 1.807) is 18.2 Å². The van der Waals surface area contributed by atoms with E-state index in [1.165, 1.54) is 30.3 Å². The van der Waals surface area contributed by atoms with E-state index in [0.29, 0.717) is 0 Å². The summed E-state index contributed by atoms with van der Waals surface area (Å²) in [5.74, 6) is -1.26. The van der Waals surface area contributed by atoms with Gasteiger partial charge in [-0.25, -0.2) is 12.8 Å². The summed E-state index contributed by atoms with van der Waals surface area (Å²) >= 11 is 3.22. The first-order valence-corrected chi connectivity index (χ1v) is 8.04. The third kappa shape index (κ3) is 3.06. The van der Waals surface area contributed by atoms with Gasteiger partial charge in [0.1, 0.15) is 11.9 Å². The average Bonchev–Trinajstić information content (AvgIpc) is 2.41. The molecular formula is C14H9BrFNO2S. The average molecular weight is 354 g/mol. The monoisotopic (exact) mass is 353 g/mol. The highest BCUT2D eigenvalue weighted by molar-refractivity contribution is 9.10. The zero-order valence-electron chi connectivity index (χ0n) is 10.2. The van der Waals surface area contributed by atoms with Gasteiger partial charge in [-0.05, 0) is 30.3 Å². The number of rotatable bonds is 3. The molecule has 6 heteroatoms. The van der Waals surface area contributed by atoms with Gasteiger partial charge in [-0.2, -0.15) is 5.26 Å². The van der Waals surface area contributed by atoms with Gasteiger partial charge in [0.15, 0.2) is 9.84 Å². The minimum absolute atomic E-state index is 0.00744. The fraction of sp³-hybridized carbons (Fsp3) is 0.0714. The van der Waals surface area contributed by atoms with Crippen molar-refractivity contribution in [3.8, 4) is 6.07 Å². The lowest BCUT2D eigenvalue weighted by molar-refractivity contribution is 0.586. The molecule has 0 saturated carbocycles. The summed E-state index contributed by atoms with van der Waals surface area (Å²) in [6, 6.07) is 11.9. The summed E-state index contributed by atoms with van der Waals surface area (Å²) in [7, 11) is -3.65. The summed E-state index contributed by atoms with van der Waals surface area (Å²) in [6.07, 6.45) is 0. The first-order chi connectivity index (χ1) is 9.44. The second kappa shape index (κ2) is 5.73. The first kappa shape index (κ1) is 14.7. The van der Waals surface area contributed by atoms with Crippen molar-refractivity contribution in [3.63, 3.8) is 0 Å². The van der Waals surface area contributed by atoms with E-state index in [-0.39, 0.29) is 16.0 Å². The second-order valence-corrected chi connectivity index (χ2v) is 7.01. The zero-order chi connectivity index (χ0) is 14.8. The Bertz CT molecular complexity index is 780. The SMILES string of the molecule is N#Cc1cccc(CS(=O)(=O)c2ccc(Br)cc2)c1F. The number of hydrogen-bond acceptors (Lipinski definition) is 3. The molecule has 3 nitrogen and oxygen atoms in total. The topological polar surface area (TPSA) is 57.9 Å². The van der Waals surface area contributed by atoms with Crippen LogP contribution in [0.5, 0.6) is 0 Å². The van der Waals surface area contributed by atoms with Crippen LogP contribution in [0.2, 0.25) is 0 Å². The quantitative estimate of drug-likeness (QED) is 0.849. The predicted octanol–water partition coefficient (Wildman–Crippen LogP) is 3.43. The highest BCUT2D eigenvalue weighted by Gasteiger charge is 2.18. The second-order valence-electron chi connectivity index (χ2n) is 4.10. The van der Waals surface area contributed by atoms with Crippen LogP contribution in [0.3, 0.4) is 0 Å². The zero-order valence-corrected chi connectivity index (χ0v) is 12.6. The summed E-state index contributed by atoms with van der Waals surface area (Å²) in [4.78, 5) is 0.113. The molecule has 0 aromatic heterocycles. The van der Waals surface area contributed by atoms with Gasteiger partial charge >= 0.3 is 0 Å². The molecule has 0 amide bonds. The van der Waals surface area contributed by atoms with Crippen molar-refractivity contribution in [3.05, 3.63) is 63.9 Å². The van der Waals surface area contributed by atoms with Crippen LogP contribution in [-0.2, 0) is 15.6 Å². The molecule has 0 heterocycles. The van der Waals surface area contributed by atoms with Crippen molar-refractivity contribution >= 4 is 25.8 Å². The van der Waals surface area contributed by atoms with Crippen molar-refractivity contribution in [2.45, 2.75) is 10.6 Å². The molecule has 2 rings (SSSR count). The Kier molecular flexibility index (Phi) is 4.21. The van der Waals surface area contributed by atoms with Gasteiger partial charge in [-0.3, -0.25) is 0 Å². The number of nitriles is 1. The molecule has 0 aliphatic heterocycles. The normalized spacial score (nSPS) is 11.1. The number of halogens is 2. The summed E-state index contributed by atoms with van der Waals surface area (Å²) in [5, 5.41) is 8.74. The number of sulfone groups is 1. The van der Waals surface area contributed by atoms with Crippen LogP contribution in [0.4, 0.5) is 4.39 Å². The van der Waals surface area contributed by atoms with E-state index in [4.69, 9.17) is 5.26 Å².